The first-order valence-electron chi connectivity index (χ1n) is 13.4. The van der Waals surface area contributed by atoms with Gasteiger partial charge in [0.05, 0.1) is 0 Å². The van der Waals surface area contributed by atoms with Crippen molar-refractivity contribution in [3.8, 4) is 5.75 Å². The Balaban J connectivity index is 1.34. The summed E-state index contributed by atoms with van der Waals surface area (Å²) < 4.78 is 8.07. The molecule has 1 atom stereocenters. The molecule has 204 valence electrons. The number of ketones is 1. The molecule has 2 heterocycles. The van der Waals surface area contributed by atoms with Crippen molar-refractivity contribution in [2.75, 3.05) is 5.32 Å². The normalized spacial score (nSPS) is 17.7. The van der Waals surface area contributed by atoms with Gasteiger partial charge in [-0.1, -0.05) is 91.8 Å². The second-order valence-corrected chi connectivity index (χ2v) is 12.5. The van der Waals surface area contributed by atoms with Crippen molar-refractivity contribution in [2.24, 2.45) is 5.41 Å². The highest BCUT2D eigenvalue weighted by atomic mass is 35.5. The number of anilines is 1. The number of carbonyl (C=O) groups is 1. The predicted molar refractivity (Wildman–Crippen MR) is 160 cm³/mol. The van der Waals surface area contributed by atoms with Gasteiger partial charge in [-0.05, 0) is 59.2 Å². The second kappa shape index (κ2) is 10.8. The molecule has 0 fully saturated rings. The number of hydrogen-bond donors (Lipinski definition) is 1. The fraction of sp³-hybridized carbons (Fsp3) is 0.281. The molecule has 0 bridgehead atoms. The lowest BCUT2D eigenvalue weighted by atomic mass is 9.73. The predicted octanol–water partition coefficient (Wildman–Crippen LogP) is 7.77. The maximum atomic E-state index is 13.6. The average molecular weight is 571 g/mol. The molecule has 1 aliphatic carbocycles. The summed E-state index contributed by atoms with van der Waals surface area (Å²) in [5, 5.41) is 9.70. The van der Waals surface area contributed by atoms with Gasteiger partial charge in [0.2, 0.25) is 11.1 Å². The number of halogens is 1. The highest BCUT2D eigenvalue weighted by molar-refractivity contribution is 7.98. The maximum Gasteiger partial charge on any atom is 0.227 e. The molecule has 3 aromatic carbocycles. The van der Waals surface area contributed by atoms with E-state index in [1.54, 1.807) is 0 Å². The Bertz CT molecular complexity index is 1630. The molecule has 0 amide bonds. The number of nitrogens with one attached hydrogen (secondary N) is 1. The molecule has 6 rings (SSSR count). The number of rotatable bonds is 7. The number of benzene rings is 3. The number of carbonyl (C=O) groups excluding carboxylic acids is 1. The molecule has 0 spiro atoms. The van der Waals surface area contributed by atoms with Crippen LogP contribution in [0.25, 0.3) is 0 Å². The van der Waals surface area contributed by atoms with E-state index in [2.05, 4.69) is 38.2 Å². The number of thioether (sulfide) groups is 1. The van der Waals surface area contributed by atoms with Crippen molar-refractivity contribution in [2.45, 2.75) is 57.2 Å². The number of ether oxygens (including phenoxy) is 1. The highest BCUT2D eigenvalue weighted by Gasteiger charge is 2.42. The Morgan fingerprint density at radius 2 is 1.82 bits per heavy atom. The number of hydrogen-bond acceptors (Lipinski definition) is 6. The first kappa shape index (κ1) is 26.7. The molecule has 4 aromatic rings. The van der Waals surface area contributed by atoms with Crippen LogP contribution in [0.5, 0.6) is 5.75 Å². The van der Waals surface area contributed by atoms with E-state index in [-0.39, 0.29) is 17.2 Å². The van der Waals surface area contributed by atoms with Crippen LogP contribution in [0.15, 0.2) is 89.2 Å². The summed E-state index contributed by atoms with van der Waals surface area (Å²) >= 11 is 7.91. The van der Waals surface area contributed by atoms with E-state index in [0.29, 0.717) is 29.9 Å². The van der Waals surface area contributed by atoms with Crippen molar-refractivity contribution in [1.82, 2.24) is 14.8 Å². The molecule has 1 aliphatic heterocycles. The third kappa shape index (κ3) is 5.40. The number of nitrogens with zero attached hydrogens (tertiary/aromatic N) is 3. The summed E-state index contributed by atoms with van der Waals surface area (Å²) in [5.41, 5.74) is 5.86. The monoisotopic (exact) mass is 570 g/mol. The van der Waals surface area contributed by atoms with Crippen molar-refractivity contribution in [3.05, 3.63) is 111 Å². The molecule has 8 heteroatoms. The van der Waals surface area contributed by atoms with Crippen molar-refractivity contribution >= 4 is 35.1 Å². The van der Waals surface area contributed by atoms with Gasteiger partial charge in [-0.25, -0.2) is 4.68 Å². The topological polar surface area (TPSA) is 69.0 Å². The number of aryl methyl sites for hydroxylation is 1. The smallest absolute Gasteiger partial charge is 0.227 e. The summed E-state index contributed by atoms with van der Waals surface area (Å²) in [6, 6.07) is 23.6. The quantitative estimate of drug-likeness (QED) is 0.229. The average Bonchev–Trinajstić information content (AvgIpc) is 3.33. The van der Waals surface area contributed by atoms with E-state index in [4.69, 9.17) is 26.4 Å². The van der Waals surface area contributed by atoms with Gasteiger partial charge in [0.25, 0.3) is 0 Å². The summed E-state index contributed by atoms with van der Waals surface area (Å²) in [5.74, 6) is 2.18. The molecule has 40 heavy (non-hydrogen) atoms. The molecule has 2 aliphatic rings. The van der Waals surface area contributed by atoms with Crippen molar-refractivity contribution < 1.29 is 9.53 Å². The Morgan fingerprint density at radius 1 is 1.05 bits per heavy atom. The molecule has 1 aromatic heterocycles. The number of Topliss-reactive ketones (excluding diaryl/α,β-unsaturated/α-hetero) is 1. The number of aromatic nitrogens is 3. The van der Waals surface area contributed by atoms with Gasteiger partial charge >= 0.3 is 0 Å². The van der Waals surface area contributed by atoms with E-state index in [1.807, 2.05) is 65.3 Å². The molecule has 0 saturated heterocycles. The van der Waals surface area contributed by atoms with Crippen LogP contribution in [0.1, 0.15) is 55.0 Å². The van der Waals surface area contributed by atoms with Gasteiger partial charge in [-0.15, -0.1) is 5.10 Å². The SMILES string of the molecule is Cc1ccccc1COc1cccc(C2C3=C(CC(C)(C)CC3=O)Nc3nc(SCc4ccccc4Cl)nn32)c1. The van der Waals surface area contributed by atoms with Crippen LogP contribution in [0.3, 0.4) is 0 Å². The van der Waals surface area contributed by atoms with Crippen LogP contribution < -0.4 is 10.1 Å². The van der Waals surface area contributed by atoms with Crippen molar-refractivity contribution in [3.63, 3.8) is 0 Å². The zero-order chi connectivity index (χ0) is 27.9. The van der Waals surface area contributed by atoms with E-state index in [9.17, 15) is 4.79 Å². The van der Waals surface area contributed by atoms with Crippen LogP contribution >= 0.6 is 23.4 Å². The molecule has 0 radical (unpaired) electrons. The fourth-order valence-corrected chi connectivity index (χ4v) is 6.54. The third-order valence-electron chi connectivity index (χ3n) is 7.46. The molecule has 0 saturated carbocycles. The molecule has 1 N–H and O–H groups in total. The van der Waals surface area contributed by atoms with Crippen LogP contribution in [0, 0.1) is 12.3 Å². The Kier molecular flexibility index (Phi) is 7.19. The minimum Gasteiger partial charge on any atom is -0.489 e. The summed E-state index contributed by atoms with van der Waals surface area (Å²) in [7, 11) is 0. The maximum absolute atomic E-state index is 13.6. The zero-order valence-electron chi connectivity index (χ0n) is 22.8. The van der Waals surface area contributed by atoms with Gasteiger partial charge in [0.15, 0.2) is 5.78 Å². The number of fused-ring (bicyclic) bond motifs is 1. The van der Waals surface area contributed by atoms with Crippen LogP contribution in [-0.4, -0.2) is 20.5 Å². The molecular formula is C32H31ClN4O2S. The van der Waals surface area contributed by atoms with Crippen LogP contribution in [0.2, 0.25) is 5.02 Å². The van der Waals surface area contributed by atoms with Crippen LogP contribution in [-0.2, 0) is 17.2 Å². The third-order valence-corrected chi connectivity index (χ3v) is 8.71. The minimum atomic E-state index is -0.390. The summed E-state index contributed by atoms with van der Waals surface area (Å²) in [6.45, 7) is 6.83. The van der Waals surface area contributed by atoms with Gasteiger partial charge in [-0.3, -0.25) is 4.79 Å². The van der Waals surface area contributed by atoms with Gasteiger partial charge < -0.3 is 10.1 Å². The Labute approximate surface area is 243 Å². The standard InChI is InChI=1S/C32H31ClN4O2S/c1-20-9-4-5-10-22(20)18-39-24-13-8-12-21(15-24)29-28-26(16-32(2,3)17-27(28)38)34-30-35-31(36-37(29)30)40-19-23-11-6-7-14-25(23)33/h4-15,29H,16-19H2,1-3H3,(H,34,35,36). The fourth-order valence-electron chi connectivity index (χ4n) is 5.42. The largest absolute Gasteiger partial charge is 0.489 e. The molecular weight excluding hydrogens is 540 g/mol. The van der Waals surface area contributed by atoms with Crippen LogP contribution in [0.4, 0.5) is 5.95 Å². The first-order chi connectivity index (χ1) is 19.3. The number of allylic oxidation sites excluding steroid dienone is 2. The lowest BCUT2D eigenvalue weighted by Crippen LogP contribution is -2.36. The van der Waals surface area contributed by atoms with Gasteiger partial charge in [0, 0.05) is 28.5 Å². The molecule has 6 nitrogen and oxygen atoms in total. The molecule has 1 unspecified atom stereocenters. The first-order valence-corrected chi connectivity index (χ1v) is 14.8. The second-order valence-electron chi connectivity index (χ2n) is 11.2. The summed E-state index contributed by atoms with van der Waals surface area (Å²) in [6.07, 6.45) is 1.26. The van der Waals surface area contributed by atoms with E-state index in [1.165, 1.54) is 17.3 Å². The lowest BCUT2D eigenvalue weighted by molar-refractivity contribution is -0.118. The highest BCUT2D eigenvalue weighted by Crippen LogP contribution is 2.46. The summed E-state index contributed by atoms with van der Waals surface area (Å²) in [4.78, 5) is 18.4. The van der Waals surface area contributed by atoms with E-state index >= 15 is 0 Å². The van der Waals surface area contributed by atoms with Gasteiger partial charge in [-0.2, -0.15) is 4.98 Å². The van der Waals surface area contributed by atoms with E-state index in [0.717, 1.165) is 45.2 Å². The minimum absolute atomic E-state index is 0.129. The Morgan fingerprint density at radius 3 is 2.62 bits per heavy atom. The van der Waals surface area contributed by atoms with E-state index < -0.39 is 0 Å². The zero-order valence-corrected chi connectivity index (χ0v) is 24.4. The van der Waals surface area contributed by atoms with Gasteiger partial charge in [0.1, 0.15) is 18.4 Å². The Hall–Kier alpha value is -3.55. The lowest BCUT2D eigenvalue weighted by Gasteiger charge is -2.38. The van der Waals surface area contributed by atoms with Crippen molar-refractivity contribution in [1.29, 1.82) is 0 Å².